The number of likely N-dealkylation sites (tertiary alicyclic amines) is 1. The van der Waals surface area contributed by atoms with Crippen molar-refractivity contribution in [2.24, 2.45) is 0 Å². The molecular weight excluding hydrogens is 558 g/mol. The Labute approximate surface area is 239 Å². The molecule has 2 bridgehead atoms. The highest BCUT2D eigenvalue weighted by molar-refractivity contribution is 5.85. The number of carbonyl (C=O) groups excluding carboxylic acids is 3. The maximum absolute atomic E-state index is 12.8. The maximum atomic E-state index is 12.8. The number of aliphatic carboxylic acids is 2. The second-order valence-corrected chi connectivity index (χ2v) is 11.1. The third-order valence-corrected chi connectivity index (χ3v) is 8.65. The van der Waals surface area contributed by atoms with Gasteiger partial charge in [-0.2, -0.15) is 0 Å². The number of carbonyl (C=O) groups is 5. The van der Waals surface area contributed by atoms with Crippen molar-refractivity contribution in [3.05, 3.63) is 35.1 Å². The Morgan fingerprint density at radius 2 is 1.83 bits per heavy atom. The molecule has 1 aromatic rings. The van der Waals surface area contributed by atoms with Gasteiger partial charge in [0.25, 0.3) is 0 Å². The van der Waals surface area contributed by atoms with Gasteiger partial charge >= 0.3 is 29.8 Å². The smallest absolute Gasteiger partial charge is 0.348 e. The summed E-state index contributed by atoms with van der Waals surface area (Å²) in [5.41, 5.74) is -0.490. The van der Waals surface area contributed by atoms with Crippen LogP contribution in [-0.2, 0) is 50.0 Å². The van der Waals surface area contributed by atoms with E-state index in [0.717, 1.165) is 18.1 Å². The number of ether oxygens (including phenoxy) is 4. The van der Waals surface area contributed by atoms with Crippen molar-refractivity contribution in [3.8, 4) is 11.5 Å². The Morgan fingerprint density at radius 3 is 2.52 bits per heavy atom. The molecule has 14 heteroatoms. The van der Waals surface area contributed by atoms with Crippen molar-refractivity contribution in [1.82, 2.24) is 4.90 Å². The first-order valence-corrected chi connectivity index (χ1v) is 13.5. The number of likely N-dealkylation sites (N-methyl/N-ethyl adjacent to an activating group) is 1. The number of piperidine rings is 1. The SMILES string of the molecule is C[C@H](OC(=O)CCC(=O)OC1=CC[C@@]2(O)[C@@H]3Cc4ccc(O)c5c4[C@@]2(CCN3C)[C@H]1O5)C(=O)O[C@@H](CC(=O)O)C(=O)O. The van der Waals surface area contributed by atoms with Crippen LogP contribution in [-0.4, -0.2) is 98.7 Å². The average molecular weight is 590 g/mol. The van der Waals surface area contributed by atoms with Gasteiger partial charge in [0, 0.05) is 18.0 Å². The summed E-state index contributed by atoms with van der Waals surface area (Å²) in [6.45, 7) is 1.77. The molecule has 1 aromatic carbocycles. The summed E-state index contributed by atoms with van der Waals surface area (Å²) in [5.74, 6) is -5.85. The van der Waals surface area contributed by atoms with Gasteiger partial charge in [0.05, 0.1) is 30.3 Å². The average Bonchev–Trinajstić information content (AvgIpc) is 3.28. The van der Waals surface area contributed by atoms with Gasteiger partial charge in [-0.15, -0.1) is 0 Å². The van der Waals surface area contributed by atoms with Gasteiger partial charge in [-0.25, -0.2) is 9.59 Å². The van der Waals surface area contributed by atoms with Crippen LogP contribution in [0.2, 0.25) is 0 Å². The molecule has 0 amide bonds. The van der Waals surface area contributed by atoms with E-state index < -0.39 is 78.4 Å². The summed E-state index contributed by atoms with van der Waals surface area (Å²) in [5, 5.41) is 40.5. The standard InChI is InChI=1S/C28H31NO13/c1-13(26(37)41-17(25(35)36)12-19(31)32)39-20(33)5-6-21(34)40-16-7-8-28(38)18-11-14-3-4-15(30)23-22(14)27(28,24(16)42-23)9-10-29(18)2/h3-4,7,13,17-18,24,30,38H,5-6,8-12H2,1-2H3,(H,31,32)(H,35,36)/t13-,17-,18-,24-,27-,28+/m0/s1. The van der Waals surface area contributed by atoms with Crippen molar-refractivity contribution >= 4 is 29.8 Å². The molecule has 1 fully saturated rings. The Kier molecular flexibility index (Phi) is 7.39. The van der Waals surface area contributed by atoms with Crippen LogP contribution >= 0.6 is 0 Å². The minimum Gasteiger partial charge on any atom is -0.504 e. The second kappa shape index (κ2) is 10.6. The molecule has 2 aliphatic carbocycles. The zero-order valence-corrected chi connectivity index (χ0v) is 22.9. The fourth-order valence-electron chi connectivity index (χ4n) is 6.70. The highest BCUT2D eigenvalue weighted by Gasteiger charge is 2.72. The van der Waals surface area contributed by atoms with Crippen molar-refractivity contribution in [3.63, 3.8) is 0 Å². The molecule has 2 aliphatic heterocycles. The fourth-order valence-corrected chi connectivity index (χ4v) is 6.70. The van der Waals surface area contributed by atoms with Gasteiger partial charge in [-0.3, -0.25) is 14.4 Å². The molecule has 1 saturated heterocycles. The van der Waals surface area contributed by atoms with Crippen LogP contribution in [0.25, 0.3) is 0 Å². The Hall–Kier alpha value is -4.17. The minimum absolute atomic E-state index is 0.0732. The molecule has 5 rings (SSSR count). The molecule has 0 saturated carbocycles. The predicted octanol–water partition coefficient (Wildman–Crippen LogP) is 0.396. The first-order chi connectivity index (χ1) is 19.8. The third kappa shape index (κ3) is 4.64. The quantitative estimate of drug-likeness (QED) is 0.215. The van der Waals surface area contributed by atoms with Crippen LogP contribution in [0.3, 0.4) is 0 Å². The summed E-state index contributed by atoms with van der Waals surface area (Å²) in [4.78, 5) is 61.1. The third-order valence-electron chi connectivity index (χ3n) is 8.65. The van der Waals surface area contributed by atoms with E-state index in [2.05, 4.69) is 9.64 Å². The van der Waals surface area contributed by atoms with Crippen LogP contribution in [0.4, 0.5) is 0 Å². The molecule has 6 atom stereocenters. The van der Waals surface area contributed by atoms with Gasteiger partial charge in [-0.05, 0) is 51.1 Å². The highest BCUT2D eigenvalue weighted by Crippen LogP contribution is 2.65. The van der Waals surface area contributed by atoms with E-state index in [4.69, 9.17) is 24.4 Å². The van der Waals surface area contributed by atoms with E-state index in [1.54, 1.807) is 12.1 Å². The molecule has 1 spiro atoms. The van der Waals surface area contributed by atoms with Crippen LogP contribution in [0, 0.1) is 0 Å². The lowest BCUT2D eigenvalue weighted by atomic mass is 9.50. The first-order valence-electron chi connectivity index (χ1n) is 13.5. The molecule has 2 heterocycles. The van der Waals surface area contributed by atoms with E-state index in [-0.39, 0.29) is 29.7 Å². The summed E-state index contributed by atoms with van der Waals surface area (Å²) in [6.07, 6.45) is -3.45. The number of aliphatic hydroxyl groups is 1. The van der Waals surface area contributed by atoms with E-state index in [1.165, 1.54) is 0 Å². The highest BCUT2D eigenvalue weighted by atomic mass is 16.6. The first kappa shape index (κ1) is 29.3. The lowest BCUT2D eigenvalue weighted by Crippen LogP contribution is -2.74. The summed E-state index contributed by atoms with van der Waals surface area (Å²) < 4.78 is 21.4. The second-order valence-electron chi connectivity index (χ2n) is 11.1. The predicted molar refractivity (Wildman–Crippen MR) is 137 cm³/mol. The van der Waals surface area contributed by atoms with Gasteiger partial charge < -0.3 is 44.3 Å². The van der Waals surface area contributed by atoms with Gasteiger partial charge in [0.1, 0.15) is 5.76 Å². The van der Waals surface area contributed by atoms with Gasteiger partial charge in [-0.1, -0.05) is 6.07 Å². The fraction of sp³-hybridized carbons (Fsp3) is 0.536. The summed E-state index contributed by atoms with van der Waals surface area (Å²) in [7, 11) is 1.95. The number of aromatic hydroxyl groups is 1. The van der Waals surface area contributed by atoms with E-state index in [1.807, 2.05) is 13.1 Å². The number of rotatable bonds is 10. The lowest BCUT2D eigenvalue weighted by Gasteiger charge is -2.61. The van der Waals surface area contributed by atoms with Crippen LogP contribution in [0.1, 0.15) is 50.2 Å². The molecule has 0 unspecified atom stereocenters. The topological polar surface area (TPSA) is 206 Å². The number of hydrogen-bond acceptors (Lipinski definition) is 12. The Bertz CT molecular complexity index is 1390. The van der Waals surface area contributed by atoms with Crippen LogP contribution in [0.5, 0.6) is 11.5 Å². The molecule has 0 aromatic heterocycles. The molecule has 4 N–H and O–H groups in total. The molecule has 4 aliphatic rings. The molecular formula is C28H31NO13. The van der Waals surface area contributed by atoms with Crippen molar-refractivity contribution in [1.29, 1.82) is 0 Å². The molecule has 14 nitrogen and oxygen atoms in total. The Balaban J connectivity index is 1.23. The summed E-state index contributed by atoms with van der Waals surface area (Å²) >= 11 is 0. The number of phenolic OH excluding ortho intramolecular Hbond substituents is 1. The minimum atomic E-state index is -1.96. The number of hydrogen-bond donors (Lipinski definition) is 4. The van der Waals surface area contributed by atoms with Gasteiger partial charge in [0.2, 0.25) is 6.10 Å². The Morgan fingerprint density at radius 1 is 1.12 bits per heavy atom. The van der Waals surface area contributed by atoms with Crippen LogP contribution < -0.4 is 4.74 Å². The molecule has 0 radical (unpaired) electrons. The number of carboxylic acids is 2. The molecule has 226 valence electrons. The monoisotopic (exact) mass is 589 g/mol. The maximum Gasteiger partial charge on any atom is 0.348 e. The molecule has 42 heavy (non-hydrogen) atoms. The van der Waals surface area contributed by atoms with E-state index in [9.17, 15) is 34.2 Å². The number of carboxylic acid groups (broad SMARTS) is 2. The zero-order chi connectivity index (χ0) is 30.6. The largest absolute Gasteiger partial charge is 0.504 e. The van der Waals surface area contributed by atoms with Crippen LogP contribution in [0.15, 0.2) is 24.0 Å². The number of esters is 3. The normalized spacial score (nSPS) is 28.3. The number of nitrogens with zero attached hydrogens (tertiary/aromatic N) is 1. The van der Waals surface area contributed by atoms with Gasteiger partial charge in [0.15, 0.2) is 23.7 Å². The summed E-state index contributed by atoms with van der Waals surface area (Å²) in [6, 6.07) is 3.16. The van der Waals surface area contributed by atoms with E-state index >= 15 is 0 Å². The number of benzene rings is 1. The van der Waals surface area contributed by atoms with Crippen molar-refractivity contribution < 1.29 is 63.3 Å². The zero-order valence-electron chi connectivity index (χ0n) is 22.9. The van der Waals surface area contributed by atoms with Crippen molar-refractivity contribution in [2.75, 3.05) is 13.6 Å². The lowest BCUT2D eigenvalue weighted by molar-refractivity contribution is -0.178. The van der Waals surface area contributed by atoms with Crippen molar-refractivity contribution in [2.45, 2.75) is 80.8 Å². The van der Waals surface area contributed by atoms with E-state index in [0.29, 0.717) is 19.4 Å². The number of phenols is 1.